The summed E-state index contributed by atoms with van der Waals surface area (Å²) in [7, 11) is 0. The van der Waals surface area contributed by atoms with E-state index in [0.29, 0.717) is 35.9 Å². The number of ether oxygens (including phenoxy) is 2. The first-order valence-electron chi connectivity index (χ1n) is 8.80. The van der Waals surface area contributed by atoms with Crippen molar-refractivity contribution in [1.82, 2.24) is 0 Å². The third-order valence-electron chi connectivity index (χ3n) is 4.69. The highest BCUT2D eigenvalue weighted by Crippen LogP contribution is 2.47. The van der Waals surface area contributed by atoms with Crippen molar-refractivity contribution in [2.45, 2.75) is 51.7 Å². The van der Waals surface area contributed by atoms with Crippen molar-refractivity contribution in [3.8, 4) is 11.5 Å². The number of fused-ring (bicyclic) bond motifs is 1. The molecule has 1 aliphatic heterocycles. The largest absolute Gasteiger partial charge is 0.466 e. The molecular weight excluding hydrogens is 318 g/mol. The van der Waals surface area contributed by atoms with Crippen molar-refractivity contribution in [3.63, 3.8) is 0 Å². The van der Waals surface area contributed by atoms with Gasteiger partial charge in [-0.2, -0.15) is 0 Å². The van der Waals surface area contributed by atoms with Gasteiger partial charge in [-0.15, -0.1) is 0 Å². The molecule has 1 aromatic heterocycles. The summed E-state index contributed by atoms with van der Waals surface area (Å²) in [6, 6.07) is 9.45. The molecule has 2 aromatic rings. The molecule has 1 aliphatic carbocycles. The minimum atomic E-state index is -0.666. The molecule has 1 amide bonds. The van der Waals surface area contributed by atoms with Gasteiger partial charge >= 0.3 is 0 Å². The molecule has 132 valence electrons. The number of nitrogens with one attached hydrogen (secondary N) is 1. The summed E-state index contributed by atoms with van der Waals surface area (Å²) in [4.78, 5) is 12.2. The van der Waals surface area contributed by atoms with Crippen LogP contribution in [-0.4, -0.2) is 11.7 Å². The van der Waals surface area contributed by atoms with Crippen LogP contribution in [0.25, 0.3) is 0 Å². The number of amides is 1. The Hall–Kier alpha value is -2.43. The Morgan fingerprint density at radius 1 is 1.20 bits per heavy atom. The van der Waals surface area contributed by atoms with E-state index in [1.807, 2.05) is 38.1 Å². The van der Waals surface area contributed by atoms with Crippen molar-refractivity contribution in [2.24, 2.45) is 5.92 Å². The number of carbonyl (C=O) groups is 1. The van der Waals surface area contributed by atoms with Gasteiger partial charge in [0, 0.05) is 44.4 Å². The fourth-order valence-corrected chi connectivity index (χ4v) is 3.21. The Morgan fingerprint density at radius 3 is 2.72 bits per heavy atom. The first-order chi connectivity index (χ1) is 11.9. The predicted octanol–water partition coefficient (Wildman–Crippen LogP) is 4.48. The van der Waals surface area contributed by atoms with E-state index in [1.165, 1.54) is 6.42 Å². The van der Waals surface area contributed by atoms with Gasteiger partial charge in [0.15, 0.2) is 11.5 Å². The molecule has 1 N–H and O–H groups in total. The van der Waals surface area contributed by atoms with Crippen LogP contribution in [0.4, 0.5) is 5.69 Å². The van der Waals surface area contributed by atoms with Gasteiger partial charge in [0.2, 0.25) is 11.7 Å². The minimum absolute atomic E-state index is 0.0455. The van der Waals surface area contributed by atoms with Crippen molar-refractivity contribution in [2.75, 3.05) is 5.32 Å². The Bertz CT molecular complexity index is 808. The number of rotatable bonds is 5. The molecule has 2 atom stereocenters. The molecule has 1 saturated carbocycles. The van der Waals surface area contributed by atoms with E-state index in [9.17, 15) is 4.79 Å². The zero-order valence-corrected chi connectivity index (χ0v) is 14.8. The number of aryl methyl sites for hydroxylation is 1. The number of benzene rings is 1. The van der Waals surface area contributed by atoms with Gasteiger partial charge in [-0.1, -0.05) is 6.92 Å². The van der Waals surface area contributed by atoms with E-state index in [0.717, 1.165) is 17.4 Å². The second-order valence-electron chi connectivity index (χ2n) is 7.44. The monoisotopic (exact) mass is 341 g/mol. The van der Waals surface area contributed by atoms with Crippen LogP contribution in [0.2, 0.25) is 0 Å². The predicted molar refractivity (Wildman–Crippen MR) is 94.0 cm³/mol. The molecule has 0 radical (unpaired) electrons. The lowest BCUT2D eigenvalue weighted by molar-refractivity contribution is -0.116. The Morgan fingerprint density at radius 2 is 1.96 bits per heavy atom. The summed E-state index contributed by atoms with van der Waals surface area (Å²) < 4.78 is 17.2. The van der Waals surface area contributed by atoms with E-state index >= 15 is 0 Å². The van der Waals surface area contributed by atoms with Gasteiger partial charge in [-0.05, 0) is 36.6 Å². The fourth-order valence-electron chi connectivity index (χ4n) is 3.21. The quantitative estimate of drug-likeness (QED) is 0.871. The second kappa shape index (κ2) is 5.83. The SMILES string of the molecule is C[C@@H]1C[C@H]1c1ccc(CCC(=O)Nc2ccc3c(c2)OC(C)(C)O3)o1. The molecule has 0 bridgehead atoms. The smallest absolute Gasteiger partial charge is 0.246 e. The normalized spacial score (nSPS) is 22.7. The summed E-state index contributed by atoms with van der Waals surface area (Å²) >= 11 is 0. The van der Waals surface area contributed by atoms with Crippen LogP contribution < -0.4 is 14.8 Å². The van der Waals surface area contributed by atoms with Crippen LogP contribution in [0.5, 0.6) is 11.5 Å². The van der Waals surface area contributed by atoms with Gasteiger partial charge in [0.05, 0.1) is 0 Å². The summed E-state index contributed by atoms with van der Waals surface area (Å²) in [5, 5.41) is 2.90. The van der Waals surface area contributed by atoms with Crippen LogP contribution in [0, 0.1) is 5.92 Å². The number of hydrogen-bond acceptors (Lipinski definition) is 4. The van der Waals surface area contributed by atoms with Gasteiger partial charge in [-0.25, -0.2) is 0 Å². The number of carbonyl (C=O) groups excluding carboxylic acids is 1. The third kappa shape index (κ3) is 3.50. The van der Waals surface area contributed by atoms with Crippen molar-refractivity contribution in [3.05, 3.63) is 41.9 Å². The van der Waals surface area contributed by atoms with E-state index in [4.69, 9.17) is 13.9 Å². The number of hydrogen-bond donors (Lipinski definition) is 1. The Labute approximate surface area is 147 Å². The van der Waals surface area contributed by atoms with Gasteiger partial charge in [-0.3, -0.25) is 4.79 Å². The fraction of sp³-hybridized carbons (Fsp3) is 0.450. The van der Waals surface area contributed by atoms with E-state index < -0.39 is 5.79 Å². The van der Waals surface area contributed by atoms with Crippen LogP contribution in [-0.2, 0) is 11.2 Å². The molecule has 2 heterocycles. The molecule has 5 heteroatoms. The summed E-state index contributed by atoms with van der Waals surface area (Å²) in [6.07, 6.45) is 2.19. The first-order valence-corrected chi connectivity index (χ1v) is 8.80. The molecule has 0 unspecified atom stereocenters. The summed E-state index contributed by atoms with van der Waals surface area (Å²) in [6.45, 7) is 5.93. The lowest BCUT2D eigenvalue weighted by Crippen LogP contribution is -2.29. The summed E-state index contributed by atoms with van der Waals surface area (Å²) in [5.41, 5.74) is 0.706. The number of furan rings is 1. The second-order valence-corrected chi connectivity index (χ2v) is 7.44. The third-order valence-corrected chi connectivity index (χ3v) is 4.69. The average Bonchev–Trinajstić information content (AvgIpc) is 2.96. The lowest BCUT2D eigenvalue weighted by Gasteiger charge is -2.16. The average molecular weight is 341 g/mol. The van der Waals surface area contributed by atoms with Gasteiger partial charge in [0.25, 0.3) is 0 Å². The minimum Gasteiger partial charge on any atom is -0.466 e. The summed E-state index contributed by atoms with van der Waals surface area (Å²) in [5.74, 6) is 3.85. The van der Waals surface area contributed by atoms with Crippen molar-refractivity contribution in [1.29, 1.82) is 0 Å². The standard InChI is InChI=1S/C20H23NO4/c1-12-10-15(12)16-8-5-14(23-16)6-9-19(22)21-13-4-7-17-18(11-13)25-20(2,3)24-17/h4-5,7-8,11-12,15H,6,9-10H2,1-3H3,(H,21,22)/t12-,15-/m1/s1. The maximum atomic E-state index is 12.2. The first kappa shape index (κ1) is 16.1. The highest BCUT2D eigenvalue weighted by molar-refractivity contribution is 5.91. The zero-order chi connectivity index (χ0) is 17.6. The van der Waals surface area contributed by atoms with E-state index in [-0.39, 0.29) is 5.91 Å². The molecule has 0 saturated heterocycles. The van der Waals surface area contributed by atoms with Crippen LogP contribution in [0.15, 0.2) is 34.7 Å². The zero-order valence-electron chi connectivity index (χ0n) is 14.8. The van der Waals surface area contributed by atoms with Crippen LogP contribution >= 0.6 is 0 Å². The molecule has 25 heavy (non-hydrogen) atoms. The lowest BCUT2D eigenvalue weighted by atomic mass is 10.2. The molecule has 4 rings (SSSR count). The van der Waals surface area contributed by atoms with Crippen molar-refractivity contribution >= 4 is 11.6 Å². The molecule has 1 fully saturated rings. The topological polar surface area (TPSA) is 60.7 Å². The molecule has 0 spiro atoms. The van der Waals surface area contributed by atoms with Gasteiger partial charge in [0.1, 0.15) is 11.5 Å². The Balaban J connectivity index is 1.31. The highest BCUT2D eigenvalue weighted by Gasteiger charge is 2.36. The molecular formula is C20H23NO4. The maximum absolute atomic E-state index is 12.2. The highest BCUT2D eigenvalue weighted by atomic mass is 16.7. The maximum Gasteiger partial charge on any atom is 0.246 e. The van der Waals surface area contributed by atoms with Crippen LogP contribution in [0.1, 0.15) is 51.1 Å². The molecule has 1 aromatic carbocycles. The van der Waals surface area contributed by atoms with Gasteiger partial charge < -0.3 is 19.2 Å². The van der Waals surface area contributed by atoms with E-state index in [2.05, 4.69) is 12.2 Å². The van der Waals surface area contributed by atoms with E-state index in [1.54, 1.807) is 6.07 Å². The van der Waals surface area contributed by atoms with Crippen molar-refractivity contribution < 1.29 is 18.7 Å². The number of anilines is 1. The molecule has 2 aliphatic rings. The Kier molecular flexibility index (Phi) is 3.74. The molecule has 5 nitrogen and oxygen atoms in total. The van der Waals surface area contributed by atoms with Crippen LogP contribution in [0.3, 0.4) is 0 Å².